The zero-order chi connectivity index (χ0) is 11.4. The molecule has 4 atom stereocenters. The number of Topliss-reactive ketones (excluding diaryl/α,β-unsaturated/α-hetero) is 1. The molecule has 0 aliphatic heterocycles. The first-order valence-corrected chi connectivity index (χ1v) is 6.95. The van der Waals surface area contributed by atoms with Gasteiger partial charge in [-0.2, -0.15) is 0 Å². The van der Waals surface area contributed by atoms with Gasteiger partial charge in [0.15, 0.2) is 0 Å². The highest BCUT2D eigenvalue weighted by Crippen LogP contribution is 2.62. The quantitative estimate of drug-likeness (QED) is 0.772. The maximum absolute atomic E-state index is 12.4. The summed E-state index contributed by atoms with van der Waals surface area (Å²) in [6.45, 7) is 0. The van der Waals surface area contributed by atoms with Crippen LogP contribution in [0.5, 0.6) is 0 Å². The molecule has 3 aliphatic carbocycles. The molecule has 3 aliphatic rings. The lowest BCUT2D eigenvalue weighted by molar-refractivity contribution is -0.122. The molecule has 0 aromatic heterocycles. The van der Waals surface area contributed by atoms with E-state index < -0.39 is 0 Å². The molecule has 0 bridgehead atoms. The highest BCUT2D eigenvalue weighted by molar-refractivity contribution is 5.90. The molecule has 3 fully saturated rings. The van der Waals surface area contributed by atoms with Crippen LogP contribution in [0.4, 0.5) is 0 Å². The van der Waals surface area contributed by atoms with E-state index in [9.17, 15) is 4.79 Å². The summed E-state index contributed by atoms with van der Waals surface area (Å²) in [4.78, 5) is 12.4. The summed E-state index contributed by atoms with van der Waals surface area (Å²) >= 11 is 0. The van der Waals surface area contributed by atoms with Crippen molar-refractivity contribution >= 4 is 5.78 Å². The second-order valence-electron chi connectivity index (χ2n) is 6.05. The molecule has 1 aromatic rings. The van der Waals surface area contributed by atoms with Crippen molar-refractivity contribution in [2.24, 2.45) is 23.7 Å². The fraction of sp³-hybridized carbons (Fsp3) is 0.562. The van der Waals surface area contributed by atoms with Crippen LogP contribution in [0.1, 0.15) is 37.2 Å². The van der Waals surface area contributed by atoms with Crippen LogP contribution in [0.3, 0.4) is 0 Å². The average molecular weight is 226 g/mol. The molecule has 3 saturated carbocycles. The van der Waals surface area contributed by atoms with E-state index >= 15 is 0 Å². The Morgan fingerprint density at radius 1 is 1.06 bits per heavy atom. The Morgan fingerprint density at radius 2 is 1.76 bits per heavy atom. The van der Waals surface area contributed by atoms with Crippen molar-refractivity contribution in [1.29, 1.82) is 0 Å². The number of hydrogen-bond acceptors (Lipinski definition) is 1. The molecule has 0 radical (unpaired) electrons. The van der Waals surface area contributed by atoms with Gasteiger partial charge < -0.3 is 0 Å². The van der Waals surface area contributed by atoms with Crippen molar-refractivity contribution in [3.63, 3.8) is 0 Å². The fourth-order valence-corrected chi connectivity index (χ4v) is 4.07. The number of ketones is 1. The summed E-state index contributed by atoms with van der Waals surface area (Å²) in [5.41, 5.74) is 1.37. The minimum atomic E-state index is 0.369. The molecule has 88 valence electrons. The molecule has 1 aromatic carbocycles. The number of carbonyl (C=O) groups is 1. The number of fused-ring (bicyclic) bond motifs is 1. The SMILES string of the molecule is O=C(C1CC1c1ccccc1)C1C2CCCC21. The van der Waals surface area contributed by atoms with Crippen LogP contribution in [-0.4, -0.2) is 5.78 Å². The van der Waals surface area contributed by atoms with Gasteiger partial charge in [0.25, 0.3) is 0 Å². The Balaban J connectivity index is 1.44. The van der Waals surface area contributed by atoms with Gasteiger partial charge in [0.2, 0.25) is 0 Å². The number of hydrogen-bond donors (Lipinski definition) is 0. The number of benzene rings is 1. The van der Waals surface area contributed by atoms with Crippen LogP contribution in [0.25, 0.3) is 0 Å². The van der Waals surface area contributed by atoms with E-state index in [0.717, 1.165) is 18.3 Å². The summed E-state index contributed by atoms with van der Waals surface area (Å²) in [6, 6.07) is 10.6. The molecular weight excluding hydrogens is 208 g/mol. The molecule has 0 heterocycles. The summed E-state index contributed by atoms with van der Waals surface area (Å²) in [7, 11) is 0. The Labute approximate surface area is 102 Å². The molecule has 17 heavy (non-hydrogen) atoms. The van der Waals surface area contributed by atoms with Gasteiger partial charge in [0.05, 0.1) is 0 Å². The van der Waals surface area contributed by atoms with Gasteiger partial charge >= 0.3 is 0 Å². The Kier molecular flexibility index (Phi) is 2.00. The zero-order valence-electron chi connectivity index (χ0n) is 10.0. The molecule has 0 saturated heterocycles. The molecule has 4 unspecified atom stereocenters. The molecular formula is C16H18O. The number of rotatable bonds is 3. The van der Waals surface area contributed by atoms with E-state index in [-0.39, 0.29) is 0 Å². The largest absolute Gasteiger partial charge is 0.299 e. The van der Waals surface area contributed by atoms with Crippen molar-refractivity contribution in [1.82, 2.24) is 0 Å². The summed E-state index contributed by atoms with van der Waals surface area (Å²) < 4.78 is 0. The first kappa shape index (κ1) is 9.87. The minimum Gasteiger partial charge on any atom is -0.299 e. The maximum atomic E-state index is 12.4. The van der Waals surface area contributed by atoms with Crippen molar-refractivity contribution in [2.75, 3.05) is 0 Å². The van der Waals surface area contributed by atoms with E-state index in [1.807, 2.05) is 6.07 Å². The smallest absolute Gasteiger partial charge is 0.140 e. The lowest BCUT2D eigenvalue weighted by atomic mass is 10.0. The molecule has 4 rings (SSSR count). The average Bonchev–Trinajstić information content (AvgIpc) is 3.27. The third-order valence-corrected chi connectivity index (χ3v) is 5.12. The maximum Gasteiger partial charge on any atom is 0.140 e. The summed E-state index contributed by atoms with van der Waals surface area (Å²) in [5, 5.41) is 0. The van der Waals surface area contributed by atoms with Gasteiger partial charge in [-0.05, 0) is 42.6 Å². The van der Waals surface area contributed by atoms with E-state index in [0.29, 0.717) is 23.5 Å². The number of carbonyl (C=O) groups excluding carboxylic acids is 1. The Morgan fingerprint density at radius 3 is 2.47 bits per heavy atom. The van der Waals surface area contributed by atoms with Crippen LogP contribution < -0.4 is 0 Å². The van der Waals surface area contributed by atoms with E-state index in [4.69, 9.17) is 0 Å². The summed E-state index contributed by atoms with van der Waals surface area (Å²) in [6.07, 6.45) is 5.12. The van der Waals surface area contributed by atoms with Crippen LogP contribution in [-0.2, 0) is 4.79 Å². The second kappa shape index (κ2) is 3.44. The molecule has 0 amide bonds. The van der Waals surface area contributed by atoms with E-state index in [2.05, 4.69) is 24.3 Å². The zero-order valence-corrected chi connectivity index (χ0v) is 10.0. The van der Waals surface area contributed by atoms with Crippen LogP contribution >= 0.6 is 0 Å². The van der Waals surface area contributed by atoms with Gasteiger partial charge in [0.1, 0.15) is 5.78 Å². The lowest BCUT2D eigenvalue weighted by Crippen LogP contribution is -2.09. The first-order chi connectivity index (χ1) is 8.36. The van der Waals surface area contributed by atoms with Crippen molar-refractivity contribution in [2.45, 2.75) is 31.6 Å². The van der Waals surface area contributed by atoms with Crippen LogP contribution in [0, 0.1) is 23.7 Å². The van der Waals surface area contributed by atoms with E-state index in [1.165, 1.54) is 24.8 Å². The van der Waals surface area contributed by atoms with E-state index in [1.54, 1.807) is 0 Å². The van der Waals surface area contributed by atoms with Gasteiger partial charge in [-0.3, -0.25) is 4.79 Å². The van der Waals surface area contributed by atoms with Crippen LogP contribution in [0.15, 0.2) is 30.3 Å². The molecule has 1 heteroatoms. The molecule has 0 spiro atoms. The van der Waals surface area contributed by atoms with Crippen molar-refractivity contribution in [3.8, 4) is 0 Å². The third-order valence-electron chi connectivity index (χ3n) is 5.12. The van der Waals surface area contributed by atoms with Gasteiger partial charge in [-0.15, -0.1) is 0 Å². The van der Waals surface area contributed by atoms with Gasteiger partial charge in [-0.25, -0.2) is 0 Å². The minimum absolute atomic E-state index is 0.369. The predicted molar refractivity (Wildman–Crippen MR) is 66.6 cm³/mol. The highest BCUT2D eigenvalue weighted by Gasteiger charge is 2.60. The first-order valence-electron chi connectivity index (χ1n) is 6.95. The second-order valence-corrected chi connectivity index (χ2v) is 6.05. The fourth-order valence-electron chi connectivity index (χ4n) is 4.07. The van der Waals surface area contributed by atoms with Gasteiger partial charge in [0, 0.05) is 11.8 Å². The van der Waals surface area contributed by atoms with Crippen molar-refractivity contribution in [3.05, 3.63) is 35.9 Å². The third kappa shape index (κ3) is 1.48. The topological polar surface area (TPSA) is 17.1 Å². The monoisotopic (exact) mass is 226 g/mol. The standard InChI is InChI=1S/C16H18O/c17-16(15-11-7-4-8-12(11)15)14-9-13(14)10-5-2-1-3-6-10/h1-3,5-6,11-15H,4,7-9H2. The highest BCUT2D eigenvalue weighted by atomic mass is 16.1. The Hall–Kier alpha value is -1.11. The van der Waals surface area contributed by atoms with Crippen molar-refractivity contribution < 1.29 is 4.79 Å². The summed E-state index contributed by atoms with van der Waals surface area (Å²) in [5.74, 6) is 3.58. The molecule has 0 N–H and O–H groups in total. The lowest BCUT2D eigenvalue weighted by Gasteiger charge is -2.02. The molecule has 1 nitrogen and oxygen atoms in total. The van der Waals surface area contributed by atoms with Crippen LogP contribution in [0.2, 0.25) is 0 Å². The van der Waals surface area contributed by atoms with Gasteiger partial charge in [-0.1, -0.05) is 36.8 Å². The predicted octanol–water partition coefficient (Wildman–Crippen LogP) is 3.41. The normalized spacial score (nSPS) is 42.0. The Bertz CT molecular complexity index is 440.